The van der Waals surface area contributed by atoms with E-state index in [4.69, 9.17) is 0 Å². The van der Waals surface area contributed by atoms with Gasteiger partial charge in [-0.3, -0.25) is 4.79 Å². The van der Waals surface area contributed by atoms with Crippen LogP contribution in [0.5, 0.6) is 0 Å². The molecule has 1 saturated heterocycles. The van der Waals surface area contributed by atoms with Crippen molar-refractivity contribution >= 4 is 17.7 Å². The summed E-state index contributed by atoms with van der Waals surface area (Å²) < 4.78 is 0. The van der Waals surface area contributed by atoms with E-state index in [1.807, 2.05) is 0 Å². The molecule has 1 aliphatic carbocycles. The smallest absolute Gasteiger partial charge is 0.313 e. The van der Waals surface area contributed by atoms with E-state index in [9.17, 15) is 15.0 Å². The fraction of sp³-hybridized carbons (Fsp3) is 0.917. The summed E-state index contributed by atoms with van der Waals surface area (Å²) in [4.78, 5) is 11.6. The van der Waals surface area contributed by atoms with Gasteiger partial charge in [-0.25, -0.2) is 0 Å². The van der Waals surface area contributed by atoms with Crippen LogP contribution in [0.2, 0.25) is 0 Å². The molecule has 16 heavy (non-hydrogen) atoms. The first-order valence-corrected chi connectivity index (χ1v) is 7.00. The molecule has 4 heteroatoms. The van der Waals surface area contributed by atoms with Gasteiger partial charge in [0.1, 0.15) is 5.41 Å². The molecule has 1 aliphatic heterocycles. The highest BCUT2D eigenvalue weighted by Crippen LogP contribution is 2.59. The van der Waals surface area contributed by atoms with Crippen LogP contribution in [0.4, 0.5) is 0 Å². The first kappa shape index (κ1) is 12.2. The number of aliphatic carboxylic acids is 1. The molecule has 1 atom stereocenters. The molecule has 2 aliphatic rings. The van der Waals surface area contributed by atoms with E-state index in [-0.39, 0.29) is 5.41 Å². The molecule has 0 bridgehead atoms. The number of carbonyl (C=O) groups is 1. The number of aliphatic hydroxyl groups is 1. The summed E-state index contributed by atoms with van der Waals surface area (Å²) in [6, 6.07) is 0. The molecule has 0 amide bonds. The number of rotatable bonds is 2. The second kappa shape index (κ2) is 3.64. The third-order valence-electron chi connectivity index (χ3n) is 4.08. The van der Waals surface area contributed by atoms with Gasteiger partial charge < -0.3 is 10.2 Å². The van der Waals surface area contributed by atoms with Gasteiger partial charge in [-0.05, 0) is 36.9 Å². The fourth-order valence-electron chi connectivity index (χ4n) is 3.40. The Morgan fingerprint density at radius 3 is 2.31 bits per heavy atom. The highest BCUT2D eigenvalue weighted by molar-refractivity contribution is 7.99. The summed E-state index contributed by atoms with van der Waals surface area (Å²) in [6.45, 7) is 4.18. The first-order chi connectivity index (χ1) is 7.31. The van der Waals surface area contributed by atoms with Gasteiger partial charge in [0.05, 0.1) is 5.60 Å². The van der Waals surface area contributed by atoms with Gasteiger partial charge in [0, 0.05) is 5.75 Å². The van der Waals surface area contributed by atoms with Crippen LogP contribution in [0.25, 0.3) is 0 Å². The van der Waals surface area contributed by atoms with Gasteiger partial charge in [0.2, 0.25) is 0 Å². The molecule has 1 unspecified atom stereocenters. The highest BCUT2D eigenvalue weighted by Gasteiger charge is 2.64. The molecular formula is C12H20O3S. The Bertz CT molecular complexity index is 297. The van der Waals surface area contributed by atoms with E-state index in [1.54, 1.807) is 11.8 Å². The molecule has 0 aromatic carbocycles. The summed E-state index contributed by atoms with van der Waals surface area (Å²) in [5, 5.41) is 20.1. The monoisotopic (exact) mass is 244 g/mol. The second-order valence-electron chi connectivity index (χ2n) is 6.09. The van der Waals surface area contributed by atoms with E-state index < -0.39 is 17.0 Å². The average molecular weight is 244 g/mol. The van der Waals surface area contributed by atoms with Crippen LogP contribution in [-0.2, 0) is 4.79 Å². The maximum atomic E-state index is 11.6. The molecule has 2 fully saturated rings. The highest BCUT2D eigenvalue weighted by atomic mass is 32.2. The molecule has 1 heterocycles. The van der Waals surface area contributed by atoms with Gasteiger partial charge in [-0.15, -0.1) is 0 Å². The van der Waals surface area contributed by atoms with Crippen molar-refractivity contribution in [3.05, 3.63) is 0 Å². The lowest BCUT2D eigenvalue weighted by Crippen LogP contribution is -2.64. The zero-order valence-corrected chi connectivity index (χ0v) is 10.8. The molecule has 0 radical (unpaired) electrons. The van der Waals surface area contributed by atoms with E-state index in [1.165, 1.54) is 0 Å². The van der Waals surface area contributed by atoms with Gasteiger partial charge in [-0.2, -0.15) is 11.8 Å². The Kier molecular flexibility index (Phi) is 2.78. The number of thioether (sulfide) groups is 1. The maximum absolute atomic E-state index is 11.6. The van der Waals surface area contributed by atoms with Crippen LogP contribution >= 0.6 is 11.8 Å². The zero-order valence-electron chi connectivity index (χ0n) is 9.95. The predicted octanol–water partition coefficient (Wildman–Crippen LogP) is 2.14. The van der Waals surface area contributed by atoms with Gasteiger partial charge >= 0.3 is 5.97 Å². The van der Waals surface area contributed by atoms with Crippen LogP contribution in [0.3, 0.4) is 0 Å². The summed E-state index contributed by atoms with van der Waals surface area (Å²) in [5.41, 5.74) is -1.78. The minimum Gasteiger partial charge on any atom is -0.481 e. The van der Waals surface area contributed by atoms with E-state index in [0.29, 0.717) is 25.0 Å². The van der Waals surface area contributed by atoms with Crippen molar-refractivity contribution in [3.63, 3.8) is 0 Å². The van der Waals surface area contributed by atoms with Gasteiger partial charge in [0.15, 0.2) is 0 Å². The van der Waals surface area contributed by atoms with Crippen molar-refractivity contribution in [1.82, 2.24) is 0 Å². The van der Waals surface area contributed by atoms with Crippen molar-refractivity contribution in [1.29, 1.82) is 0 Å². The van der Waals surface area contributed by atoms with Crippen LogP contribution in [0.1, 0.15) is 39.5 Å². The lowest BCUT2D eigenvalue weighted by Gasteiger charge is -2.58. The van der Waals surface area contributed by atoms with E-state index in [0.717, 1.165) is 12.2 Å². The molecule has 0 aromatic heterocycles. The Morgan fingerprint density at radius 1 is 1.31 bits per heavy atom. The topological polar surface area (TPSA) is 57.5 Å². The third kappa shape index (κ3) is 1.66. The summed E-state index contributed by atoms with van der Waals surface area (Å²) in [6.07, 6.45) is 2.77. The lowest BCUT2D eigenvalue weighted by atomic mass is 9.51. The van der Waals surface area contributed by atoms with Crippen molar-refractivity contribution in [2.45, 2.75) is 45.1 Å². The van der Waals surface area contributed by atoms with Crippen LogP contribution in [-0.4, -0.2) is 33.3 Å². The largest absolute Gasteiger partial charge is 0.481 e. The second-order valence-corrected chi connectivity index (χ2v) is 7.20. The number of carboxylic acid groups (broad SMARTS) is 1. The van der Waals surface area contributed by atoms with Crippen LogP contribution < -0.4 is 0 Å². The minimum atomic E-state index is -0.976. The standard InChI is InChI=1S/C12H20O3S/c1-10(2)6-12(15,7-10)11(9(13)14)4-3-5-16-8-11/h15H,3-8H2,1-2H3,(H,13,14). The molecule has 2 rings (SSSR count). The Morgan fingerprint density at radius 2 is 1.94 bits per heavy atom. The van der Waals surface area contributed by atoms with Gasteiger partial charge in [-0.1, -0.05) is 13.8 Å². The molecule has 0 aromatic rings. The summed E-state index contributed by atoms with van der Waals surface area (Å²) >= 11 is 1.67. The molecule has 0 spiro atoms. The number of hydrogen-bond donors (Lipinski definition) is 2. The number of hydrogen-bond acceptors (Lipinski definition) is 3. The Balaban J connectivity index is 2.23. The van der Waals surface area contributed by atoms with Crippen LogP contribution in [0, 0.1) is 10.8 Å². The normalized spacial score (nSPS) is 36.4. The molecule has 3 nitrogen and oxygen atoms in total. The van der Waals surface area contributed by atoms with Crippen molar-refractivity contribution < 1.29 is 15.0 Å². The quantitative estimate of drug-likeness (QED) is 0.781. The average Bonchev–Trinajstić information content (AvgIpc) is 2.15. The summed E-state index contributed by atoms with van der Waals surface area (Å²) in [5.74, 6) is 0.779. The molecule has 2 N–H and O–H groups in total. The Hall–Kier alpha value is -0.220. The summed E-state index contributed by atoms with van der Waals surface area (Å²) in [7, 11) is 0. The SMILES string of the molecule is CC1(C)CC(O)(C2(C(=O)O)CCCSC2)C1. The van der Waals surface area contributed by atoms with Crippen molar-refractivity contribution in [2.24, 2.45) is 10.8 Å². The third-order valence-corrected chi connectivity index (χ3v) is 5.36. The Labute approximate surface area is 101 Å². The van der Waals surface area contributed by atoms with Gasteiger partial charge in [0.25, 0.3) is 0 Å². The molecule has 92 valence electrons. The maximum Gasteiger partial charge on any atom is 0.313 e. The zero-order chi connectivity index (χ0) is 12.0. The molecule has 1 saturated carbocycles. The lowest BCUT2D eigenvalue weighted by molar-refractivity contribution is -0.207. The van der Waals surface area contributed by atoms with E-state index in [2.05, 4.69) is 13.8 Å². The molecular weight excluding hydrogens is 224 g/mol. The minimum absolute atomic E-state index is 0.0965. The fourth-order valence-corrected chi connectivity index (χ4v) is 4.78. The number of carboxylic acids is 1. The van der Waals surface area contributed by atoms with Crippen molar-refractivity contribution in [2.75, 3.05) is 11.5 Å². The predicted molar refractivity (Wildman–Crippen MR) is 64.6 cm³/mol. The van der Waals surface area contributed by atoms with Crippen molar-refractivity contribution in [3.8, 4) is 0 Å². The first-order valence-electron chi connectivity index (χ1n) is 5.85. The van der Waals surface area contributed by atoms with E-state index >= 15 is 0 Å². The van der Waals surface area contributed by atoms with Crippen LogP contribution in [0.15, 0.2) is 0 Å².